The molecule has 2 heterocycles. The van der Waals surface area contributed by atoms with Crippen LogP contribution in [-0.4, -0.2) is 54.4 Å². The Morgan fingerprint density at radius 3 is 2.64 bits per heavy atom. The molecule has 0 amide bonds. The van der Waals surface area contributed by atoms with Crippen LogP contribution in [-0.2, 0) is 14.3 Å². The number of nitrogens with zero attached hydrogens (tertiary/aromatic N) is 3. The first-order chi connectivity index (χ1) is 12.1. The molecule has 1 aliphatic heterocycles. The average molecular weight is 349 g/mol. The van der Waals surface area contributed by atoms with Crippen LogP contribution in [0.1, 0.15) is 44.9 Å². The van der Waals surface area contributed by atoms with E-state index < -0.39 is 5.60 Å². The molecule has 0 radical (unpaired) electrons. The second-order valence-electron chi connectivity index (χ2n) is 6.76. The van der Waals surface area contributed by atoms with E-state index in [1.807, 2.05) is 13.0 Å². The van der Waals surface area contributed by atoms with E-state index in [1.165, 1.54) is 7.11 Å². The monoisotopic (exact) mass is 349 g/mol. The van der Waals surface area contributed by atoms with Crippen LogP contribution in [0.5, 0.6) is 5.88 Å². The van der Waals surface area contributed by atoms with Crippen molar-refractivity contribution < 1.29 is 19.0 Å². The van der Waals surface area contributed by atoms with E-state index in [0.717, 1.165) is 44.8 Å². The van der Waals surface area contributed by atoms with Crippen LogP contribution in [0.2, 0.25) is 0 Å². The number of ether oxygens (including phenoxy) is 3. The average Bonchev–Trinajstić information content (AvgIpc) is 3.39. The molecule has 0 spiro atoms. The van der Waals surface area contributed by atoms with Crippen molar-refractivity contribution in [1.82, 2.24) is 9.97 Å². The van der Waals surface area contributed by atoms with E-state index in [4.69, 9.17) is 14.2 Å². The predicted octanol–water partition coefficient (Wildman–Crippen LogP) is 2.26. The number of aryl methyl sites for hydroxylation is 1. The summed E-state index contributed by atoms with van der Waals surface area (Å²) in [4.78, 5) is 23.0. The number of methoxy groups -OCH3 is 1. The van der Waals surface area contributed by atoms with Gasteiger partial charge in [-0.2, -0.15) is 4.98 Å². The van der Waals surface area contributed by atoms with E-state index in [-0.39, 0.29) is 5.97 Å². The Bertz CT molecular complexity index is 610. The summed E-state index contributed by atoms with van der Waals surface area (Å²) >= 11 is 0. The number of rotatable bonds is 7. The SMILES string of the molecule is CCCOC1CCN(c2cc(OC3(C(=O)OC)CC3)nc(C)n2)CC1. The quantitative estimate of drug-likeness (QED) is 0.699. The fraction of sp³-hybridized carbons (Fsp3) is 0.722. The van der Waals surface area contributed by atoms with E-state index in [1.54, 1.807) is 0 Å². The van der Waals surface area contributed by atoms with E-state index in [0.29, 0.717) is 30.7 Å². The molecule has 0 N–H and O–H groups in total. The van der Waals surface area contributed by atoms with Gasteiger partial charge in [-0.1, -0.05) is 6.92 Å². The summed E-state index contributed by atoms with van der Waals surface area (Å²) in [6, 6.07) is 1.82. The first-order valence-corrected chi connectivity index (χ1v) is 9.06. The Morgan fingerprint density at radius 2 is 2.04 bits per heavy atom. The van der Waals surface area contributed by atoms with Crippen LogP contribution in [0.25, 0.3) is 0 Å². The number of carbonyl (C=O) groups excluding carboxylic acids is 1. The Morgan fingerprint density at radius 1 is 1.32 bits per heavy atom. The summed E-state index contributed by atoms with van der Waals surface area (Å²) in [6.45, 7) is 6.58. The molecule has 1 aliphatic carbocycles. The zero-order chi connectivity index (χ0) is 17.9. The van der Waals surface area contributed by atoms with Crippen LogP contribution in [0.3, 0.4) is 0 Å². The third-order valence-electron chi connectivity index (χ3n) is 4.69. The first-order valence-electron chi connectivity index (χ1n) is 9.06. The lowest BCUT2D eigenvalue weighted by molar-refractivity contribution is -0.151. The van der Waals surface area contributed by atoms with Crippen molar-refractivity contribution in [3.63, 3.8) is 0 Å². The van der Waals surface area contributed by atoms with Crippen molar-refractivity contribution >= 4 is 11.8 Å². The molecule has 1 aromatic rings. The van der Waals surface area contributed by atoms with E-state index in [9.17, 15) is 4.79 Å². The van der Waals surface area contributed by atoms with E-state index in [2.05, 4.69) is 21.8 Å². The highest BCUT2D eigenvalue weighted by Gasteiger charge is 2.54. The van der Waals surface area contributed by atoms with Crippen molar-refractivity contribution in [2.24, 2.45) is 0 Å². The van der Waals surface area contributed by atoms with Crippen LogP contribution in [0.4, 0.5) is 5.82 Å². The summed E-state index contributed by atoms with van der Waals surface area (Å²) < 4.78 is 16.6. The zero-order valence-corrected chi connectivity index (χ0v) is 15.3. The van der Waals surface area contributed by atoms with Crippen LogP contribution in [0, 0.1) is 6.92 Å². The Hall–Kier alpha value is -1.89. The van der Waals surface area contributed by atoms with Gasteiger partial charge in [-0.3, -0.25) is 0 Å². The highest BCUT2D eigenvalue weighted by molar-refractivity contribution is 5.83. The van der Waals surface area contributed by atoms with Crippen molar-refractivity contribution in [2.45, 2.75) is 57.7 Å². The van der Waals surface area contributed by atoms with Crippen molar-refractivity contribution in [1.29, 1.82) is 0 Å². The summed E-state index contributed by atoms with van der Waals surface area (Å²) in [5.74, 6) is 1.59. The summed E-state index contributed by atoms with van der Waals surface area (Å²) in [7, 11) is 1.38. The molecular formula is C18H27N3O4. The molecule has 0 bridgehead atoms. The molecule has 7 heteroatoms. The van der Waals surface area contributed by atoms with Gasteiger partial charge in [0.05, 0.1) is 13.2 Å². The van der Waals surface area contributed by atoms with E-state index >= 15 is 0 Å². The van der Waals surface area contributed by atoms with Gasteiger partial charge in [-0.05, 0) is 26.2 Å². The molecule has 138 valence electrons. The Labute approximate surface area is 148 Å². The van der Waals surface area contributed by atoms with Crippen molar-refractivity contribution in [3.05, 3.63) is 11.9 Å². The minimum atomic E-state index is -0.853. The maximum absolute atomic E-state index is 11.9. The summed E-state index contributed by atoms with van der Waals surface area (Å²) in [5, 5.41) is 0. The molecule has 0 aromatic carbocycles. The Balaban J connectivity index is 1.65. The van der Waals surface area contributed by atoms with Gasteiger partial charge < -0.3 is 19.1 Å². The van der Waals surface area contributed by atoms with Gasteiger partial charge in [0.2, 0.25) is 11.5 Å². The summed E-state index contributed by atoms with van der Waals surface area (Å²) in [6.07, 6.45) is 4.70. The molecule has 1 saturated carbocycles. The smallest absolute Gasteiger partial charge is 0.350 e. The molecular weight excluding hydrogens is 322 g/mol. The maximum atomic E-state index is 11.9. The topological polar surface area (TPSA) is 73.8 Å². The normalized spacial score (nSPS) is 19.6. The maximum Gasteiger partial charge on any atom is 0.350 e. The lowest BCUT2D eigenvalue weighted by atomic mass is 10.1. The molecule has 1 aromatic heterocycles. The number of carbonyl (C=O) groups is 1. The standard InChI is InChI=1S/C18H27N3O4/c1-4-11-24-14-5-9-21(10-6-14)15-12-16(20-13(2)19-15)25-18(7-8-18)17(22)23-3/h12,14H,4-11H2,1-3H3. The number of anilines is 1. The second kappa shape index (κ2) is 7.56. The van der Waals surface area contributed by atoms with Gasteiger partial charge in [0.15, 0.2) is 0 Å². The number of hydrogen-bond donors (Lipinski definition) is 0. The van der Waals surface area contributed by atoms with Gasteiger partial charge in [0.1, 0.15) is 11.6 Å². The highest BCUT2D eigenvalue weighted by atomic mass is 16.6. The third-order valence-corrected chi connectivity index (χ3v) is 4.69. The fourth-order valence-electron chi connectivity index (χ4n) is 3.12. The largest absolute Gasteiger partial charge is 0.466 e. The lowest BCUT2D eigenvalue weighted by Crippen LogP contribution is -2.38. The molecule has 0 unspecified atom stereocenters. The molecule has 25 heavy (non-hydrogen) atoms. The molecule has 2 fully saturated rings. The molecule has 7 nitrogen and oxygen atoms in total. The molecule has 1 saturated heterocycles. The molecule has 3 rings (SSSR count). The van der Waals surface area contributed by atoms with Gasteiger partial charge in [0, 0.05) is 38.6 Å². The number of esters is 1. The summed E-state index contributed by atoms with van der Waals surface area (Å²) in [5.41, 5.74) is -0.853. The van der Waals surface area contributed by atoms with Gasteiger partial charge in [-0.15, -0.1) is 0 Å². The third kappa shape index (κ3) is 4.21. The minimum absolute atomic E-state index is 0.334. The van der Waals surface area contributed by atoms with Crippen LogP contribution >= 0.6 is 0 Å². The highest BCUT2D eigenvalue weighted by Crippen LogP contribution is 2.41. The van der Waals surface area contributed by atoms with Gasteiger partial charge >= 0.3 is 5.97 Å². The number of piperidine rings is 1. The lowest BCUT2D eigenvalue weighted by Gasteiger charge is -2.33. The van der Waals surface area contributed by atoms with Gasteiger partial charge in [0.25, 0.3) is 0 Å². The fourth-order valence-corrected chi connectivity index (χ4v) is 3.12. The zero-order valence-electron chi connectivity index (χ0n) is 15.3. The molecule has 2 aliphatic rings. The predicted molar refractivity (Wildman–Crippen MR) is 92.9 cm³/mol. The van der Waals surface area contributed by atoms with Crippen molar-refractivity contribution in [2.75, 3.05) is 31.7 Å². The number of hydrogen-bond acceptors (Lipinski definition) is 7. The Kier molecular flexibility index (Phi) is 5.42. The van der Waals surface area contributed by atoms with Crippen molar-refractivity contribution in [3.8, 4) is 5.88 Å². The van der Waals surface area contributed by atoms with Crippen LogP contribution < -0.4 is 9.64 Å². The van der Waals surface area contributed by atoms with Gasteiger partial charge in [-0.25, -0.2) is 9.78 Å². The minimum Gasteiger partial charge on any atom is -0.466 e. The molecule has 0 atom stereocenters. The second-order valence-corrected chi connectivity index (χ2v) is 6.76. The number of aromatic nitrogens is 2. The first kappa shape index (κ1) is 17.9. The van der Waals surface area contributed by atoms with Crippen LogP contribution in [0.15, 0.2) is 6.07 Å².